The number of carbonyl (C=O) groups is 3. The van der Waals surface area contributed by atoms with Crippen molar-refractivity contribution in [3.05, 3.63) is 35.4 Å². The van der Waals surface area contributed by atoms with E-state index in [4.69, 9.17) is 4.74 Å². The van der Waals surface area contributed by atoms with E-state index < -0.39 is 29.6 Å². The molecule has 3 amide bonds. The number of rotatable bonds is 3. The Morgan fingerprint density at radius 2 is 1.87 bits per heavy atom. The monoisotopic (exact) mass is 431 g/mol. The van der Waals surface area contributed by atoms with E-state index in [1.165, 1.54) is 4.90 Å². The zero-order valence-corrected chi connectivity index (χ0v) is 18.6. The van der Waals surface area contributed by atoms with Gasteiger partial charge in [0.15, 0.2) is 0 Å². The molecular formula is C23H33N3O5. The van der Waals surface area contributed by atoms with E-state index in [2.05, 4.69) is 5.32 Å². The number of hydrogen-bond acceptors (Lipinski definition) is 5. The van der Waals surface area contributed by atoms with Crippen LogP contribution in [0.5, 0.6) is 0 Å². The van der Waals surface area contributed by atoms with Gasteiger partial charge >= 0.3 is 17.9 Å². The van der Waals surface area contributed by atoms with Crippen LogP contribution in [0, 0.1) is 0 Å². The average molecular weight is 432 g/mol. The summed E-state index contributed by atoms with van der Waals surface area (Å²) in [5.41, 5.74) is 1.37. The first-order chi connectivity index (χ1) is 14.7. The summed E-state index contributed by atoms with van der Waals surface area (Å²) < 4.78 is 5.49. The number of aliphatic hydroxyl groups is 1. The number of nitrogens with zero attached hydrogens (tertiary/aromatic N) is 2. The van der Waals surface area contributed by atoms with Crippen LogP contribution in [0.25, 0.3) is 0 Å². The molecule has 0 spiro atoms. The van der Waals surface area contributed by atoms with Crippen LogP contribution >= 0.6 is 0 Å². The summed E-state index contributed by atoms with van der Waals surface area (Å²) in [7, 11) is 0. The Bertz CT molecular complexity index is 820. The van der Waals surface area contributed by atoms with Crippen LogP contribution in [-0.4, -0.2) is 70.7 Å². The van der Waals surface area contributed by atoms with Gasteiger partial charge in [0.25, 0.3) is 0 Å². The summed E-state index contributed by atoms with van der Waals surface area (Å²) in [6.07, 6.45) is 2.81. The topological polar surface area (TPSA) is 99.2 Å². The fourth-order valence-electron chi connectivity index (χ4n) is 4.28. The Kier molecular flexibility index (Phi) is 7.20. The molecule has 1 aromatic rings. The van der Waals surface area contributed by atoms with E-state index in [0.29, 0.717) is 19.5 Å². The molecule has 1 saturated heterocycles. The molecular weight excluding hydrogens is 398 g/mol. The van der Waals surface area contributed by atoms with Crippen molar-refractivity contribution >= 4 is 17.9 Å². The molecule has 0 aliphatic carbocycles. The second-order valence-corrected chi connectivity index (χ2v) is 9.18. The smallest absolute Gasteiger partial charge is 0.410 e. The maximum absolute atomic E-state index is 12.9. The molecule has 8 nitrogen and oxygen atoms in total. The van der Waals surface area contributed by atoms with Gasteiger partial charge in [0.05, 0.1) is 18.7 Å². The number of likely N-dealkylation sites (tertiary alicyclic amines) is 1. The maximum atomic E-state index is 12.9. The third kappa shape index (κ3) is 5.55. The van der Waals surface area contributed by atoms with Crippen molar-refractivity contribution in [2.24, 2.45) is 0 Å². The van der Waals surface area contributed by atoms with Crippen molar-refractivity contribution in [1.82, 2.24) is 15.1 Å². The molecule has 2 aliphatic heterocycles. The number of ether oxygens (including phenoxy) is 1. The second kappa shape index (κ2) is 9.68. The number of amides is 3. The summed E-state index contributed by atoms with van der Waals surface area (Å²) in [5, 5.41) is 12.6. The number of fused-ring (bicyclic) bond motifs is 1. The molecule has 170 valence electrons. The highest BCUT2D eigenvalue weighted by molar-refractivity contribution is 6.35. The van der Waals surface area contributed by atoms with Gasteiger partial charge in [-0.25, -0.2) is 4.79 Å². The Labute approximate surface area is 183 Å². The summed E-state index contributed by atoms with van der Waals surface area (Å²) in [5.74, 6) is -1.37. The minimum atomic E-state index is -0.715. The van der Waals surface area contributed by atoms with Crippen LogP contribution in [0.4, 0.5) is 4.79 Å². The largest absolute Gasteiger partial charge is 0.444 e. The van der Waals surface area contributed by atoms with Gasteiger partial charge in [0, 0.05) is 19.6 Å². The number of nitrogens with one attached hydrogen (secondary N) is 1. The fourth-order valence-corrected chi connectivity index (χ4v) is 4.28. The molecule has 2 unspecified atom stereocenters. The third-order valence-electron chi connectivity index (χ3n) is 5.79. The lowest BCUT2D eigenvalue weighted by atomic mass is 9.93. The van der Waals surface area contributed by atoms with E-state index in [0.717, 1.165) is 30.4 Å². The molecule has 1 fully saturated rings. The predicted molar refractivity (Wildman–Crippen MR) is 115 cm³/mol. The maximum Gasteiger partial charge on any atom is 0.410 e. The zero-order chi connectivity index (χ0) is 22.6. The van der Waals surface area contributed by atoms with E-state index >= 15 is 0 Å². The van der Waals surface area contributed by atoms with Gasteiger partial charge in [-0.15, -0.1) is 0 Å². The molecule has 2 N–H and O–H groups in total. The zero-order valence-electron chi connectivity index (χ0n) is 18.6. The first kappa shape index (κ1) is 23.1. The van der Waals surface area contributed by atoms with Gasteiger partial charge < -0.3 is 25.0 Å². The van der Waals surface area contributed by atoms with Gasteiger partial charge in [0.1, 0.15) is 5.60 Å². The summed E-state index contributed by atoms with van der Waals surface area (Å²) in [6, 6.07) is 6.91. The minimum Gasteiger partial charge on any atom is -0.444 e. The molecule has 3 rings (SSSR count). The summed E-state index contributed by atoms with van der Waals surface area (Å²) in [4.78, 5) is 41.1. The summed E-state index contributed by atoms with van der Waals surface area (Å²) >= 11 is 0. The number of benzene rings is 1. The lowest BCUT2D eigenvalue weighted by Gasteiger charge is -2.37. The normalized spacial score (nSPS) is 21.3. The number of carbonyl (C=O) groups excluding carboxylic acids is 3. The third-order valence-corrected chi connectivity index (χ3v) is 5.79. The van der Waals surface area contributed by atoms with Gasteiger partial charge in [-0.2, -0.15) is 0 Å². The summed E-state index contributed by atoms with van der Waals surface area (Å²) in [6.45, 7) is 6.35. The van der Waals surface area contributed by atoms with E-state index in [1.807, 2.05) is 45.0 Å². The van der Waals surface area contributed by atoms with Crippen molar-refractivity contribution in [3.8, 4) is 0 Å². The van der Waals surface area contributed by atoms with Crippen molar-refractivity contribution < 1.29 is 24.2 Å². The number of hydrogen-bond donors (Lipinski definition) is 2. The van der Waals surface area contributed by atoms with Gasteiger partial charge in [-0.3, -0.25) is 9.59 Å². The predicted octanol–water partition coefficient (Wildman–Crippen LogP) is 2.01. The molecule has 31 heavy (non-hydrogen) atoms. The highest BCUT2D eigenvalue weighted by Gasteiger charge is 2.35. The van der Waals surface area contributed by atoms with Crippen molar-refractivity contribution in [1.29, 1.82) is 0 Å². The van der Waals surface area contributed by atoms with Crippen LogP contribution in [-0.2, 0) is 20.7 Å². The molecule has 0 aromatic heterocycles. The SMILES string of the molecule is CC(C)(C)OC(=O)N1CCCCC1CNC(=O)C(=O)N1CCc2ccccc2C1CO. The lowest BCUT2D eigenvalue weighted by Crippen LogP contribution is -2.53. The Morgan fingerprint density at radius 1 is 1.13 bits per heavy atom. The highest BCUT2D eigenvalue weighted by atomic mass is 16.6. The van der Waals surface area contributed by atoms with Gasteiger partial charge in [-0.05, 0) is 57.6 Å². The first-order valence-electron chi connectivity index (χ1n) is 11.0. The fraction of sp³-hybridized carbons (Fsp3) is 0.609. The van der Waals surface area contributed by atoms with E-state index in [1.54, 1.807) is 4.90 Å². The van der Waals surface area contributed by atoms with Gasteiger partial charge in [0.2, 0.25) is 0 Å². The number of aliphatic hydroxyl groups excluding tert-OH is 1. The van der Waals surface area contributed by atoms with E-state index in [-0.39, 0.29) is 19.2 Å². The van der Waals surface area contributed by atoms with Crippen molar-refractivity contribution in [2.45, 2.75) is 64.1 Å². The van der Waals surface area contributed by atoms with Crippen LogP contribution in [0.1, 0.15) is 57.2 Å². The number of piperidine rings is 1. The quantitative estimate of drug-likeness (QED) is 0.714. The van der Waals surface area contributed by atoms with Gasteiger partial charge in [-0.1, -0.05) is 24.3 Å². The Hall–Kier alpha value is -2.61. The first-order valence-corrected chi connectivity index (χ1v) is 11.0. The Morgan fingerprint density at radius 3 is 2.58 bits per heavy atom. The molecule has 0 saturated carbocycles. The standard InChI is InChI=1S/C23H33N3O5/c1-23(2,3)31-22(30)25-12-7-6-9-17(25)14-24-20(28)21(29)26-13-11-16-8-4-5-10-18(16)19(26)15-27/h4-5,8,10,17,19,27H,6-7,9,11-15H2,1-3H3,(H,24,28). The van der Waals surface area contributed by atoms with Crippen molar-refractivity contribution in [2.75, 3.05) is 26.2 Å². The van der Waals surface area contributed by atoms with Crippen LogP contribution in [0.2, 0.25) is 0 Å². The molecule has 2 aliphatic rings. The molecule has 0 bridgehead atoms. The van der Waals surface area contributed by atoms with Crippen molar-refractivity contribution in [3.63, 3.8) is 0 Å². The molecule has 1 aromatic carbocycles. The lowest BCUT2D eigenvalue weighted by molar-refractivity contribution is -0.148. The highest BCUT2D eigenvalue weighted by Crippen LogP contribution is 2.29. The second-order valence-electron chi connectivity index (χ2n) is 9.18. The molecule has 2 atom stereocenters. The minimum absolute atomic E-state index is 0.192. The van der Waals surface area contributed by atoms with Crippen LogP contribution in [0.15, 0.2) is 24.3 Å². The van der Waals surface area contributed by atoms with Crippen LogP contribution in [0.3, 0.4) is 0 Å². The average Bonchev–Trinajstić information content (AvgIpc) is 2.75. The molecule has 0 radical (unpaired) electrons. The van der Waals surface area contributed by atoms with E-state index in [9.17, 15) is 19.5 Å². The molecule has 2 heterocycles. The molecule has 8 heteroatoms. The Balaban J connectivity index is 1.61. The van der Waals surface area contributed by atoms with Crippen LogP contribution < -0.4 is 5.32 Å².